The molecule has 0 amide bonds. The zero-order valence-electron chi connectivity index (χ0n) is 15.8. The van der Waals surface area contributed by atoms with Crippen LogP contribution in [0.2, 0.25) is 0 Å². The number of nitrogens with zero attached hydrogens (tertiary/aromatic N) is 2. The zero-order chi connectivity index (χ0) is 17.2. The van der Waals surface area contributed by atoms with E-state index in [4.69, 9.17) is 4.74 Å². The molecule has 0 spiro atoms. The first-order valence-electron chi connectivity index (χ1n) is 9.61. The Morgan fingerprint density at radius 2 is 1.96 bits per heavy atom. The molecule has 1 aromatic heterocycles. The molecule has 2 saturated heterocycles. The van der Waals surface area contributed by atoms with Crippen molar-refractivity contribution in [1.82, 2.24) is 20.4 Å². The lowest BCUT2D eigenvalue weighted by atomic mass is 9.79. The molecule has 0 saturated carbocycles. The fraction of sp³-hybridized carbons (Fsp3) is 0.842. The molecular weight excluding hydrogens is 300 g/mol. The highest BCUT2D eigenvalue weighted by atomic mass is 16.5. The molecule has 2 aliphatic heterocycles. The van der Waals surface area contributed by atoms with E-state index in [1.54, 1.807) is 0 Å². The first kappa shape index (κ1) is 17.9. The minimum Gasteiger partial charge on any atom is -0.369 e. The highest BCUT2D eigenvalue weighted by molar-refractivity contribution is 5.24. The largest absolute Gasteiger partial charge is 0.369 e. The normalized spacial score (nSPS) is 32.6. The monoisotopic (exact) mass is 334 g/mol. The molecule has 3 heterocycles. The molecule has 0 aliphatic carbocycles. The minimum absolute atomic E-state index is 0.0966. The lowest BCUT2D eigenvalue weighted by Gasteiger charge is -2.43. The van der Waals surface area contributed by atoms with Crippen LogP contribution < -0.4 is 5.32 Å². The summed E-state index contributed by atoms with van der Waals surface area (Å²) in [5.41, 5.74) is 2.91. The van der Waals surface area contributed by atoms with Crippen molar-refractivity contribution in [3.63, 3.8) is 0 Å². The fourth-order valence-corrected chi connectivity index (χ4v) is 4.74. The third-order valence-electron chi connectivity index (χ3n) is 6.34. The van der Waals surface area contributed by atoms with Gasteiger partial charge in [-0.05, 0) is 52.6 Å². The molecule has 2 unspecified atom stereocenters. The summed E-state index contributed by atoms with van der Waals surface area (Å²) in [6.07, 6.45) is 8.99. The van der Waals surface area contributed by atoms with Crippen molar-refractivity contribution in [3.05, 3.63) is 17.5 Å². The van der Waals surface area contributed by atoms with E-state index >= 15 is 0 Å². The summed E-state index contributed by atoms with van der Waals surface area (Å²) in [7, 11) is 4.19. The molecule has 5 nitrogen and oxygen atoms in total. The van der Waals surface area contributed by atoms with Crippen LogP contribution in [0, 0.1) is 0 Å². The zero-order valence-corrected chi connectivity index (χ0v) is 15.8. The Labute approximate surface area is 146 Å². The van der Waals surface area contributed by atoms with Crippen LogP contribution >= 0.6 is 0 Å². The lowest BCUT2D eigenvalue weighted by molar-refractivity contribution is -0.149. The van der Waals surface area contributed by atoms with Gasteiger partial charge in [-0.15, -0.1) is 0 Å². The second-order valence-electron chi connectivity index (χ2n) is 7.93. The number of aromatic amines is 1. The Bertz CT molecular complexity index is 525. The van der Waals surface area contributed by atoms with Crippen LogP contribution in [0.5, 0.6) is 0 Å². The van der Waals surface area contributed by atoms with Gasteiger partial charge in [0.25, 0.3) is 0 Å². The quantitative estimate of drug-likeness (QED) is 0.767. The van der Waals surface area contributed by atoms with E-state index in [2.05, 4.69) is 41.3 Å². The van der Waals surface area contributed by atoms with Crippen molar-refractivity contribution in [2.45, 2.75) is 76.0 Å². The maximum absolute atomic E-state index is 6.62. The third-order valence-corrected chi connectivity index (χ3v) is 6.34. The average molecular weight is 335 g/mol. The average Bonchev–Trinajstić information content (AvgIpc) is 3.16. The Morgan fingerprint density at radius 1 is 1.29 bits per heavy atom. The van der Waals surface area contributed by atoms with E-state index in [0.717, 1.165) is 45.3 Å². The molecule has 2 N–H and O–H groups in total. The second-order valence-corrected chi connectivity index (χ2v) is 7.93. The molecule has 2 atom stereocenters. The molecule has 2 aliphatic rings. The number of fused-ring (bicyclic) bond motifs is 2. The summed E-state index contributed by atoms with van der Waals surface area (Å²) >= 11 is 0. The lowest BCUT2D eigenvalue weighted by Crippen LogP contribution is -2.43. The summed E-state index contributed by atoms with van der Waals surface area (Å²) < 4.78 is 6.62. The predicted octanol–water partition coefficient (Wildman–Crippen LogP) is 3.05. The maximum Gasteiger partial charge on any atom is 0.0695 e. The van der Waals surface area contributed by atoms with Crippen LogP contribution in [0.1, 0.15) is 69.5 Å². The summed E-state index contributed by atoms with van der Waals surface area (Å²) in [5.74, 6) is 0.552. The molecule has 136 valence electrons. The molecule has 2 fully saturated rings. The van der Waals surface area contributed by atoms with E-state index in [-0.39, 0.29) is 11.2 Å². The molecule has 5 heteroatoms. The molecule has 0 radical (unpaired) electrons. The van der Waals surface area contributed by atoms with Crippen LogP contribution in [-0.2, 0) is 11.3 Å². The van der Waals surface area contributed by atoms with Crippen molar-refractivity contribution in [3.8, 4) is 0 Å². The molecule has 2 bridgehead atoms. The molecular formula is C19H34N4O. The van der Waals surface area contributed by atoms with Crippen LogP contribution in [0.25, 0.3) is 0 Å². The number of aromatic nitrogens is 2. The van der Waals surface area contributed by atoms with Crippen molar-refractivity contribution in [1.29, 1.82) is 0 Å². The summed E-state index contributed by atoms with van der Waals surface area (Å²) in [5, 5.41) is 11.0. The minimum atomic E-state index is 0.0966. The van der Waals surface area contributed by atoms with Gasteiger partial charge in [-0.1, -0.05) is 13.8 Å². The van der Waals surface area contributed by atoms with Gasteiger partial charge in [0.05, 0.1) is 17.4 Å². The van der Waals surface area contributed by atoms with Gasteiger partial charge in [-0.3, -0.25) is 5.10 Å². The van der Waals surface area contributed by atoms with Gasteiger partial charge in [0, 0.05) is 36.8 Å². The number of hydrogen-bond donors (Lipinski definition) is 2. The summed E-state index contributed by atoms with van der Waals surface area (Å²) in [6.45, 7) is 7.59. The van der Waals surface area contributed by atoms with E-state index in [0.29, 0.717) is 5.92 Å². The first-order valence-corrected chi connectivity index (χ1v) is 9.61. The molecule has 3 rings (SSSR count). The maximum atomic E-state index is 6.62. The number of likely N-dealkylation sites (N-methyl/N-ethyl adjacent to an activating group) is 2. The number of ether oxygens (including phenoxy) is 1. The van der Waals surface area contributed by atoms with Crippen LogP contribution in [0.4, 0.5) is 0 Å². The Kier molecular flexibility index (Phi) is 5.33. The van der Waals surface area contributed by atoms with Gasteiger partial charge in [0.1, 0.15) is 0 Å². The number of H-pyrrole nitrogens is 1. The summed E-state index contributed by atoms with van der Waals surface area (Å²) in [6, 6.07) is 0. The Balaban J connectivity index is 1.76. The summed E-state index contributed by atoms with van der Waals surface area (Å²) in [4.78, 5) is 2.37. The van der Waals surface area contributed by atoms with Gasteiger partial charge in [-0.2, -0.15) is 5.10 Å². The van der Waals surface area contributed by atoms with Crippen molar-refractivity contribution >= 4 is 0 Å². The van der Waals surface area contributed by atoms with E-state index in [9.17, 15) is 0 Å². The fourth-order valence-electron chi connectivity index (χ4n) is 4.74. The number of nitrogens with one attached hydrogen (secondary N) is 2. The van der Waals surface area contributed by atoms with Crippen LogP contribution in [-0.4, -0.2) is 53.5 Å². The van der Waals surface area contributed by atoms with E-state index in [1.807, 2.05) is 13.2 Å². The first-order chi connectivity index (χ1) is 11.6. The second kappa shape index (κ2) is 7.14. The van der Waals surface area contributed by atoms with Gasteiger partial charge in [0.15, 0.2) is 0 Å². The van der Waals surface area contributed by atoms with Crippen molar-refractivity contribution in [2.24, 2.45) is 0 Å². The predicted molar refractivity (Wildman–Crippen MR) is 97.2 cm³/mol. The molecule has 24 heavy (non-hydrogen) atoms. The smallest absolute Gasteiger partial charge is 0.0695 e. The van der Waals surface area contributed by atoms with Gasteiger partial charge in [-0.25, -0.2) is 0 Å². The van der Waals surface area contributed by atoms with Crippen LogP contribution in [0.3, 0.4) is 0 Å². The van der Waals surface area contributed by atoms with E-state index in [1.165, 1.54) is 24.1 Å². The van der Waals surface area contributed by atoms with E-state index < -0.39 is 0 Å². The third kappa shape index (κ3) is 3.39. The molecule has 1 aromatic rings. The number of rotatable bonds is 8. The highest BCUT2D eigenvalue weighted by Gasteiger charge is 2.54. The number of hydrogen-bond acceptors (Lipinski definition) is 4. The Hall–Kier alpha value is -0.910. The van der Waals surface area contributed by atoms with Crippen molar-refractivity contribution in [2.75, 3.05) is 27.2 Å². The van der Waals surface area contributed by atoms with Gasteiger partial charge >= 0.3 is 0 Å². The van der Waals surface area contributed by atoms with Crippen LogP contribution in [0.15, 0.2) is 6.20 Å². The Morgan fingerprint density at radius 3 is 2.54 bits per heavy atom. The van der Waals surface area contributed by atoms with Crippen molar-refractivity contribution < 1.29 is 4.74 Å². The highest BCUT2D eigenvalue weighted by Crippen LogP contribution is 2.55. The SMILES string of the molecule is CCC12CCC(CC)(CC(c3[nH]ncc3CN(C)CCNC)C1)O2. The molecule has 0 aromatic carbocycles. The topological polar surface area (TPSA) is 53.2 Å². The van der Waals surface area contributed by atoms with Gasteiger partial charge in [0.2, 0.25) is 0 Å². The standard InChI is InChI=1S/C19H34N4O/c1-5-18-7-8-19(6-2,24-18)12-15(11-18)17-16(13-21-22-17)14-23(4)10-9-20-3/h13,15,20H,5-12,14H2,1-4H3,(H,21,22). The van der Waals surface area contributed by atoms with Gasteiger partial charge < -0.3 is 15.0 Å².